The van der Waals surface area contributed by atoms with Crippen molar-refractivity contribution in [2.45, 2.75) is 26.7 Å². The Hall–Kier alpha value is -2.18. The number of aryl methyl sites for hydroxylation is 1. The SMILES string of the molecule is Cc1cccc(C(C)C)c1Nc1ccnc(NCCN2CCOCC2)n1. The summed E-state index contributed by atoms with van der Waals surface area (Å²) in [7, 11) is 0. The molecule has 26 heavy (non-hydrogen) atoms. The van der Waals surface area contributed by atoms with E-state index in [4.69, 9.17) is 4.74 Å². The van der Waals surface area contributed by atoms with Crippen molar-refractivity contribution in [3.63, 3.8) is 0 Å². The first-order valence-electron chi connectivity index (χ1n) is 9.37. The highest BCUT2D eigenvalue weighted by Crippen LogP contribution is 2.29. The number of benzene rings is 1. The summed E-state index contributed by atoms with van der Waals surface area (Å²) in [6, 6.07) is 8.30. The number of rotatable bonds is 7. The van der Waals surface area contributed by atoms with Gasteiger partial charge in [0, 0.05) is 38.1 Å². The maximum Gasteiger partial charge on any atom is 0.224 e. The van der Waals surface area contributed by atoms with Gasteiger partial charge in [0.15, 0.2) is 0 Å². The molecule has 6 nitrogen and oxygen atoms in total. The number of aromatic nitrogens is 2. The number of nitrogens with one attached hydrogen (secondary N) is 2. The monoisotopic (exact) mass is 355 g/mol. The van der Waals surface area contributed by atoms with E-state index < -0.39 is 0 Å². The van der Waals surface area contributed by atoms with Crippen LogP contribution in [0.4, 0.5) is 17.5 Å². The van der Waals surface area contributed by atoms with Crippen LogP contribution in [0.25, 0.3) is 0 Å². The maximum absolute atomic E-state index is 5.38. The van der Waals surface area contributed by atoms with E-state index in [0.717, 1.165) is 50.9 Å². The highest BCUT2D eigenvalue weighted by molar-refractivity contribution is 5.65. The molecule has 140 valence electrons. The summed E-state index contributed by atoms with van der Waals surface area (Å²) >= 11 is 0. The topological polar surface area (TPSA) is 62.3 Å². The Bertz CT molecular complexity index is 713. The van der Waals surface area contributed by atoms with Crippen molar-refractivity contribution in [3.05, 3.63) is 41.6 Å². The number of ether oxygens (including phenoxy) is 1. The van der Waals surface area contributed by atoms with Gasteiger partial charge in [-0.2, -0.15) is 4.98 Å². The van der Waals surface area contributed by atoms with Crippen LogP contribution in [0.2, 0.25) is 0 Å². The van der Waals surface area contributed by atoms with E-state index >= 15 is 0 Å². The Balaban J connectivity index is 1.62. The van der Waals surface area contributed by atoms with Crippen molar-refractivity contribution in [3.8, 4) is 0 Å². The number of morpholine rings is 1. The largest absolute Gasteiger partial charge is 0.379 e. The predicted octanol–water partition coefficient (Wildman–Crippen LogP) is 3.40. The van der Waals surface area contributed by atoms with E-state index in [1.807, 2.05) is 6.07 Å². The fourth-order valence-electron chi connectivity index (χ4n) is 3.13. The van der Waals surface area contributed by atoms with Crippen LogP contribution in [0, 0.1) is 6.92 Å². The number of hydrogen-bond acceptors (Lipinski definition) is 6. The van der Waals surface area contributed by atoms with Gasteiger partial charge in [-0.25, -0.2) is 4.98 Å². The van der Waals surface area contributed by atoms with Gasteiger partial charge in [-0.3, -0.25) is 4.90 Å². The second-order valence-electron chi connectivity index (χ2n) is 6.97. The van der Waals surface area contributed by atoms with Crippen molar-refractivity contribution < 1.29 is 4.74 Å². The lowest BCUT2D eigenvalue weighted by atomic mass is 9.98. The van der Waals surface area contributed by atoms with Gasteiger partial charge in [0.1, 0.15) is 5.82 Å². The van der Waals surface area contributed by atoms with E-state index in [0.29, 0.717) is 11.9 Å². The molecule has 1 aliphatic heterocycles. The molecule has 0 spiro atoms. The summed E-state index contributed by atoms with van der Waals surface area (Å²) in [5, 5.41) is 6.81. The van der Waals surface area contributed by atoms with Gasteiger partial charge in [0.2, 0.25) is 5.95 Å². The lowest BCUT2D eigenvalue weighted by molar-refractivity contribution is 0.0398. The highest BCUT2D eigenvalue weighted by atomic mass is 16.5. The average molecular weight is 355 g/mol. The third kappa shape index (κ3) is 4.93. The molecule has 0 aliphatic carbocycles. The Morgan fingerprint density at radius 3 is 2.77 bits per heavy atom. The smallest absolute Gasteiger partial charge is 0.224 e. The molecular weight excluding hydrogens is 326 g/mol. The summed E-state index contributed by atoms with van der Waals surface area (Å²) in [6.45, 7) is 12.0. The standard InChI is InChI=1S/C20H29N5O/c1-15(2)17-6-4-5-16(3)19(17)23-18-7-8-21-20(24-18)22-9-10-25-11-13-26-14-12-25/h4-8,15H,9-14H2,1-3H3,(H2,21,22,23,24). The van der Waals surface area contributed by atoms with Crippen molar-refractivity contribution in [2.24, 2.45) is 0 Å². The van der Waals surface area contributed by atoms with Crippen LogP contribution in [0.1, 0.15) is 30.9 Å². The normalized spacial score (nSPS) is 15.2. The number of hydrogen-bond donors (Lipinski definition) is 2. The third-order valence-corrected chi connectivity index (χ3v) is 4.65. The van der Waals surface area contributed by atoms with Gasteiger partial charge in [-0.15, -0.1) is 0 Å². The fraction of sp³-hybridized carbons (Fsp3) is 0.500. The maximum atomic E-state index is 5.38. The molecule has 6 heteroatoms. The van der Waals surface area contributed by atoms with E-state index in [1.165, 1.54) is 11.1 Å². The molecule has 2 heterocycles. The summed E-state index contributed by atoms with van der Waals surface area (Å²) in [6.07, 6.45) is 1.79. The summed E-state index contributed by atoms with van der Waals surface area (Å²) in [5.74, 6) is 1.92. The van der Waals surface area contributed by atoms with Crippen molar-refractivity contribution in [1.82, 2.24) is 14.9 Å². The number of anilines is 3. The van der Waals surface area contributed by atoms with Crippen LogP contribution in [0.3, 0.4) is 0 Å². The second kappa shape index (κ2) is 8.96. The minimum absolute atomic E-state index is 0.449. The Morgan fingerprint density at radius 2 is 2.00 bits per heavy atom. The summed E-state index contributed by atoms with van der Waals surface area (Å²) in [5.41, 5.74) is 3.66. The molecule has 3 rings (SSSR count). The quantitative estimate of drug-likeness (QED) is 0.794. The molecular formula is C20H29N5O. The van der Waals surface area contributed by atoms with Crippen molar-refractivity contribution in [1.29, 1.82) is 0 Å². The van der Waals surface area contributed by atoms with Gasteiger partial charge >= 0.3 is 0 Å². The van der Waals surface area contributed by atoms with Crippen LogP contribution in [-0.2, 0) is 4.74 Å². The average Bonchev–Trinajstić information content (AvgIpc) is 2.64. The van der Waals surface area contributed by atoms with E-state index in [-0.39, 0.29) is 0 Å². The minimum atomic E-state index is 0.449. The highest BCUT2D eigenvalue weighted by Gasteiger charge is 2.11. The molecule has 1 saturated heterocycles. The Labute approximate surface area is 156 Å². The van der Waals surface area contributed by atoms with E-state index in [1.54, 1.807) is 6.20 Å². The van der Waals surface area contributed by atoms with Gasteiger partial charge in [-0.1, -0.05) is 32.0 Å². The minimum Gasteiger partial charge on any atom is -0.379 e. The Kier molecular flexibility index (Phi) is 6.41. The molecule has 0 unspecified atom stereocenters. The lowest BCUT2D eigenvalue weighted by Gasteiger charge is -2.26. The summed E-state index contributed by atoms with van der Waals surface area (Å²) in [4.78, 5) is 11.3. The van der Waals surface area contributed by atoms with Crippen molar-refractivity contribution in [2.75, 3.05) is 50.0 Å². The van der Waals surface area contributed by atoms with Gasteiger partial charge in [0.25, 0.3) is 0 Å². The molecule has 1 aliphatic rings. The zero-order valence-corrected chi connectivity index (χ0v) is 16.0. The molecule has 1 fully saturated rings. The van der Waals surface area contributed by atoms with Gasteiger partial charge < -0.3 is 15.4 Å². The molecule has 0 saturated carbocycles. The van der Waals surface area contributed by atoms with Crippen LogP contribution >= 0.6 is 0 Å². The molecule has 0 amide bonds. The zero-order chi connectivity index (χ0) is 18.4. The fourth-order valence-corrected chi connectivity index (χ4v) is 3.13. The lowest BCUT2D eigenvalue weighted by Crippen LogP contribution is -2.39. The van der Waals surface area contributed by atoms with Gasteiger partial charge in [-0.05, 0) is 30.0 Å². The third-order valence-electron chi connectivity index (χ3n) is 4.65. The molecule has 2 aromatic rings. The van der Waals surface area contributed by atoms with Crippen LogP contribution < -0.4 is 10.6 Å². The van der Waals surface area contributed by atoms with Gasteiger partial charge in [0.05, 0.1) is 13.2 Å². The van der Waals surface area contributed by atoms with Crippen LogP contribution in [-0.4, -0.2) is 54.3 Å². The summed E-state index contributed by atoms with van der Waals surface area (Å²) < 4.78 is 5.38. The molecule has 0 bridgehead atoms. The van der Waals surface area contributed by atoms with E-state index in [9.17, 15) is 0 Å². The first-order chi connectivity index (χ1) is 12.6. The van der Waals surface area contributed by atoms with E-state index in [2.05, 4.69) is 64.5 Å². The predicted molar refractivity (Wildman–Crippen MR) is 106 cm³/mol. The molecule has 0 atom stereocenters. The second-order valence-corrected chi connectivity index (χ2v) is 6.97. The Morgan fingerprint density at radius 1 is 1.19 bits per heavy atom. The molecule has 2 N–H and O–H groups in total. The van der Waals surface area contributed by atoms with Crippen LogP contribution in [0.15, 0.2) is 30.5 Å². The molecule has 0 radical (unpaired) electrons. The van der Waals surface area contributed by atoms with Crippen molar-refractivity contribution >= 4 is 17.5 Å². The molecule has 1 aromatic heterocycles. The first kappa shape index (κ1) is 18.6. The molecule has 1 aromatic carbocycles. The first-order valence-corrected chi connectivity index (χ1v) is 9.37. The number of nitrogens with zero attached hydrogens (tertiary/aromatic N) is 3. The number of para-hydroxylation sites is 1. The van der Waals surface area contributed by atoms with Crippen LogP contribution in [0.5, 0.6) is 0 Å². The zero-order valence-electron chi connectivity index (χ0n) is 16.0.